The third-order valence-corrected chi connectivity index (χ3v) is 6.03. The monoisotopic (exact) mass is 450 g/mol. The van der Waals surface area contributed by atoms with Gasteiger partial charge in [0.25, 0.3) is 15.9 Å². The molecule has 0 bridgehead atoms. The van der Waals surface area contributed by atoms with E-state index in [4.69, 9.17) is 11.6 Å². The Bertz CT molecular complexity index is 1170. The Hall–Kier alpha value is -2.97. The Labute approximate surface area is 177 Å². The third kappa shape index (κ3) is 5.14. The fraction of sp³-hybridized carbons (Fsp3) is 0.0952. The summed E-state index contributed by atoms with van der Waals surface area (Å²) < 4.78 is 53.4. The quantitative estimate of drug-likeness (QED) is 0.560. The maximum atomic E-state index is 13.1. The van der Waals surface area contributed by atoms with E-state index in [1.54, 1.807) is 19.1 Å². The fourth-order valence-electron chi connectivity index (χ4n) is 2.68. The zero-order valence-electron chi connectivity index (χ0n) is 15.7. The molecule has 3 aromatic rings. The summed E-state index contributed by atoms with van der Waals surface area (Å²) in [5, 5.41) is 2.84. The second-order valence-corrected chi connectivity index (χ2v) is 8.59. The lowest BCUT2D eigenvalue weighted by Crippen LogP contribution is -2.26. The maximum Gasteiger partial charge on any atom is 0.261 e. The molecule has 3 rings (SSSR count). The van der Waals surface area contributed by atoms with Gasteiger partial charge in [0.2, 0.25) is 0 Å². The average Bonchev–Trinajstić information content (AvgIpc) is 2.70. The molecule has 0 fully saturated rings. The van der Waals surface area contributed by atoms with Crippen LogP contribution >= 0.6 is 11.6 Å². The summed E-state index contributed by atoms with van der Waals surface area (Å²) >= 11 is 6.08. The molecule has 0 saturated heterocycles. The number of carbonyl (C=O) groups is 1. The van der Waals surface area contributed by atoms with Crippen LogP contribution in [0.25, 0.3) is 0 Å². The van der Waals surface area contributed by atoms with E-state index in [1.165, 1.54) is 30.3 Å². The predicted molar refractivity (Wildman–Crippen MR) is 111 cm³/mol. The molecular formula is C21H17ClF2N2O3S. The Balaban J connectivity index is 1.79. The number of hydrogen-bond acceptors (Lipinski definition) is 3. The summed E-state index contributed by atoms with van der Waals surface area (Å²) in [5.41, 5.74) is 0.879. The van der Waals surface area contributed by atoms with Gasteiger partial charge >= 0.3 is 0 Å². The summed E-state index contributed by atoms with van der Waals surface area (Å²) in [6.07, 6.45) is 0. The number of sulfonamides is 1. The molecule has 1 amide bonds. The molecule has 3 aromatic carbocycles. The van der Waals surface area contributed by atoms with Crippen molar-refractivity contribution in [2.75, 3.05) is 4.72 Å². The average molecular weight is 451 g/mol. The first-order chi connectivity index (χ1) is 14.2. The molecule has 0 aromatic heterocycles. The predicted octanol–water partition coefficient (Wildman–Crippen LogP) is 4.91. The zero-order valence-corrected chi connectivity index (χ0v) is 17.3. The highest BCUT2D eigenvalue weighted by Gasteiger charge is 2.18. The SMILES string of the molecule is C[C@H](NC(=O)c1ccc(Cl)c(NS(=O)(=O)c2ccc(F)cc2)c1)c1ccc(F)cc1. The Morgan fingerprint density at radius 2 is 1.50 bits per heavy atom. The largest absolute Gasteiger partial charge is 0.346 e. The van der Waals surface area contributed by atoms with Crippen molar-refractivity contribution >= 4 is 33.2 Å². The molecule has 30 heavy (non-hydrogen) atoms. The summed E-state index contributed by atoms with van der Waals surface area (Å²) in [7, 11) is -4.03. The van der Waals surface area contributed by atoms with Crippen molar-refractivity contribution in [1.29, 1.82) is 0 Å². The van der Waals surface area contributed by atoms with Gasteiger partial charge in [-0.3, -0.25) is 9.52 Å². The van der Waals surface area contributed by atoms with Crippen molar-refractivity contribution in [3.8, 4) is 0 Å². The van der Waals surface area contributed by atoms with Crippen molar-refractivity contribution in [1.82, 2.24) is 5.32 Å². The van der Waals surface area contributed by atoms with Crippen molar-refractivity contribution in [2.24, 2.45) is 0 Å². The second-order valence-electron chi connectivity index (χ2n) is 6.50. The molecule has 0 unspecified atom stereocenters. The van der Waals surface area contributed by atoms with E-state index < -0.39 is 27.8 Å². The first-order valence-electron chi connectivity index (χ1n) is 8.80. The van der Waals surface area contributed by atoms with Gasteiger partial charge in [-0.1, -0.05) is 23.7 Å². The van der Waals surface area contributed by atoms with E-state index in [9.17, 15) is 22.0 Å². The van der Waals surface area contributed by atoms with E-state index in [0.29, 0.717) is 5.56 Å². The molecule has 0 spiro atoms. The molecule has 0 aliphatic carbocycles. The molecule has 5 nitrogen and oxygen atoms in total. The lowest BCUT2D eigenvalue weighted by molar-refractivity contribution is 0.0940. The molecular weight excluding hydrogens is 434 g/mol. The number of carbonyl (C=O) groups excluding carboxylic acids is 1. The van der Waals surface area contributed by atoms with Gasteiger partial charge in [-0.25, -0.2) is 17.2 Å². The van der Waals surface area contributed by atoms with Crippen LogP contribution in [-0.2, 0) is 10.0 Å². The van der Waals surface area contributed by atoms with Crippen molar-refractivity contribution in [3.05, 3.63) is 94.5 Å². The number of amides is 1. The number of rotatable bonds is 6. The molecule has 0 aliphatic rings. The van der Waals surface area contributed by atoms with Crippen molar-refractivity contribution < 1.29 is 22.0 Å². The summed E-state index contributed by atoms with van der Waals surface area (Å²) in [6, 6.07) is 13.7. The van der Waals surface area contributed by atoms with Crippen LogP contribution in [0.1, 0.15) is 28.9 Å². The molecule has 2 N–H and O–H groups in total. The van der Waals surface area contributed by atoms with E-state index in [2.05, 4.69) is 10.0 Å². The van der Waals surface area contributed by atoms with Crippen molar-refractivity contribution in [3.63, 3.8) is 0 Å². The van der Waals surface area contributed by atoms with Gasteiger partial charge in [-0.2, -0.15) is 0 Å². The van der Waals surface area contributed by atoms with Crippen LogP contribution in [0.2, 0.25) is 5.02 Å². The number of halogens is 3. The van der Waals surface area contributed by atoms with Crippen LogP contribution in [0.4, 0.5) is 14.5 Å². The van der Waals surface area contributed by atoms with Crippen LogP contribution in [0.15, 0.2) is 71.6 Å². The summed E-state index contributed by atoms with van der Waals surface area (Å²) in [4.78, 5) is 12.4. The molecule has 9 heteroatoms. The Morgan fingerprint density at radius 1 is 0.933 bits per heavy atom. The molecule has 0 aliphatic heterocycles. The molecule has 1 atom stereocenters. The van der Waals surface area contributed by atoms with Gasteiger partial charge in [-0.15, -0.1) is 0 Å². The molecule has 156 valence electrons. The van der Waals surface area contributed by atoms with Crippen LogP contribution in [0.3, 0.4) is 0 Å². The Kier molecular flexibility index (Phi) is 6.38. The maximum absolute atomic E-state index is 13.1. The highest BCUT2D eigenvalue weighted by molar-refractivity contribution is 7.92. The number of hydrogen-bond donors (Lipinski definition) is 2. The second kappa shape index (κ2) is 8.81. The number of benzene rings is 3. The van der Waals surface area contributed by atoms with Gasteiger partial charge in [-0.05, 0) is 67.1 Å². The standard InChI is InChI=1S/C21H17ClF2N2O3S/c1-13(14-2-5-16(23)6-3-14)25-21(27)15-4-11-19(22)20(12-15)26-30(28,29)18-9-7-17(24)8-10-18/h2-13,26H,1H3,(H,25,27)/t13-/m0/s1. The summed E-state index contributed by atoms with van der Waals surface area (Å²) in [5.74, 6) is -1.42. The van der Waals surface area contributed by atoms with Gasteiger partial charge in [0.15, 0.2) is 0 Å². The van der Waals surface area contributed by atoms with Crippen LogP contribution in [0, 0.1) is 11.6 Å². The zero-order chi connectivity index (χ0) is 21.9. The normalized spacial score (nSPS) is 12.3. The smallest absolute Gasteiger partial charge is 0.261 e. The van der Waals surface area contributed by atoms with Gasteiger partial charge < -0.3 is 5.32 Å². The van der Waals surface area contributed by atoms with Crippen molar-refractivity contribution in [2.45, 2.75) is 17.9 Å². The van der Waals surface area contributed by atoms with E-state index in [0.717, 1.165) is 24.3 Å². The van der Waals surface area contributed by atoms with Gasteiger partial charge in [0.1, 0.15) is 11.6 Å². The lowest BCUT2D eigenvalue weighted by Gasteiger charge is -2.16. The first-order valence-corrected chi connectivity index (χ1v) is 10.7. The van der Waals surface area contributed by atoms with Gasteiger partial charge in [0, 0.05) is 5.56 Å². The van der Waals surface area contributed by atoms with E-state index >= 15 is 0 Å². The minimum Gasteiger partial charge on any atom is -0.346 e. The molecule has 0 saturated carbocycles. The highest BCUT2D eigenvalue weighted by atomic mass is 35.5. The molecule has 0 heterocycles. The fourth-order valence-corrected chi connectivity index (χ4v) is 3.97. The topological polar surface area (TPSA) is 75.3 Å². The highest BCUT2D eigenvalue weighted by Crippen LogP contribution is 2.26. The van der Waals surface area contributed by atoms with Crippen LogP contribution < -0.4 is 10.0 Å². The molecule has 0 radical (unpaired) electrons. The van der Waals surface area contributed by atoms with Crippen LogP contribution in [-0.4, -0.2) is 14.3 Å². The number of nitrogens with one attached hydrogen (secondary N) is 2. The number of anilines is 1. The summed E-state index contributed by atoms with van der Waals surface area (Å²) in [6.45, 7) is 1.74. The van der Waals surface area contributed by atoms with E-state index in [-0.39, 0.29) is 27.0 Å². The first kappa shape index (κ1) is 21.7. The Morgan fingerprint density at radius 3 is 2.10 bits per heavy atom. The van der Waals surface area contributed by atoms with E-state index in [1.807, 2.05) is 0 Å². The lowest BCUT2D eigenvalue weighted by atomic mass is 10.1. The minimum atomic E-state index is -4.03. The third-order valence-electron chi connectivity index (χ3n) is 4.31. The van der Waals surface area contributed by atoms with Gasteiger partial charge in [0.05, 0.1) is 21.6 Å². The minimum absolute atomic E-state index is 0.00285. The van der Waals surface area contributed by atoms with Crippen LogP contribution in [0.5, 0.6) is 0 Å².